The van der Waals surface area contributed by atoms with Crippen molar-refractivity contribution in [1.29, 1.82) is 0 Å². The molecule has 2 atom stereocenters. The fourth-order valence-electron chi connectivity index (χ4n) is 2.16. The number of nitrogens with two attached hydrogens (primary N) is 1. The summed E-state index contributed by atoms with van der Waals surface area (Å²) < 4.78 is 4.82. The molecular weight excluding hydrogens is 375 g/mol. The summed E-state index contributed by atoms with van der Waals surface area (Å²) in [7, 11) is 0. The van der Waals surface area contributed by atoms with Gasteiger partial charge < -0.3 is 22.9 Å². The van der Waals surface area contributed by atoms with Gasteiger partial charge >= 0.3 is 5.97 Å². The van der Waals surface area contributed by atoms with Gasteiger partial charge in [0.05, 0.1) is 17.5 Å². The quantitative estimate of drug-likeness (QED) is 0.473. The molecule has 2 amide bonds. The van der Waals surface area contributed by atoms with E-state index in [1.807, 2.05) is 0 Å². The number of anilines is 1. The van der Waals surface area contributed by atoms with Crippen molar-refractivity contribution in [2.75, 3.05) is 17.3 Å². The highest BCUT2D eigenvalue weighted by Gasteiger charge is 2.40. The van der Waals surface area contributed by atoms with E-state index in [0.29, 0.717) is 10.7 Å². The Morgan fingerprint density at radius 2 is 2.21 bits per heavy atom. The number of hydrogen-bond acceptors (Lipinski definition) is 6. The Kier molecular flexibility index (Phi) is 8.02. The van der Waals surface area contributed by atoms with Gasteiger partial charge in [0.15, 0.2) is 0 Å². The van der Waals surface area contributed by atoms with Crippen molar-refractivity contribution in [3.05, 3.63) is 29.3 Å². The van der Waals surface area contributed by atoms with Gasteiger partial charge in [0, 0.05) is 17.2 Å². The standard InChI is InChI=1S/C15H17ClN2O4S.ClH/c1-2-22-15(21)11(17)8-23-12-7-13(19)18(14(12)20)10-5-3-4-9(16)6-10;/h3-6,11-12H,2,7-8,17H2,1H3;1H/p-1/t11-,12?;/m0./s1. The van der Waals surface area contributed by atoms with Crippen LogP contribution in [-0.2, 0) is 19.1 Å². The largest absolute Gasteiger partial charge is 1.00 e. The predicted octanol–water partition coefficient (Wildman–Crippen LogP) is -1.40. The summed E-state index contributed by atoms with van der Waals surface area (Å²) in [6.07, 6.45) is 0.0750. The third-order valence-corrected chi connectivity index (χ3v) is 4.80. The van der Waals surface area contributed by atoms with Crippen molar-refractivity contribution in [3.8, 4) is 0 Å². The number of carbonyl (C=O) groups excluding carboxylic acids is 3. The molecule has 6 nitrogen and oxygen atoms in total. The molecule has 0 spiro atoms. The van der Waals surface area contributed by atoms with Crippen LogP contribution >= 0.6 is 23.4 Å². The first kappa shape index (κ1) is 20.8. The molecule has 2 rings (SSSR count). The first-order chi connectivity index (χ1) is 10.9. The van der Waals surface area contributed by atoms with Crippen LogP contribution in [0, 0.1) is 0 Å². The van der Waals surface area contributed by atoms with Crippen LogP contribution in [-0.4, -0.2) is 41.4 Å². The Bertz CT molecular complexity index is 629. The number of ether oxygens (including phenoxy) is 1. The summed E-state index contributed by atoms with van der Waals surface area (Å²) >= 11 is 7.09. The topological polar surface area (TPSA) is 89.7 Å². The molecular formula is C15H17Cl2N2O4S-. The Morgan fingerprint density at radius 1 is 1.50 bits per heavy atom. The highest BCUT2D eigenvalue weighted by molar-refractivity contribution is 8.00. The van der Waals surface area contributed by atoms with Crippen molar-refractivity contribution in [3.63, 3.8) is 0 Å². The first-order valence-corrected chi connectivity index (χ1v) is 8.53. The maximum atomic E-state index is 12.4. The molecule has 1 fully saturated rings. The number of halogens is 2. The molecule has 9 heteroatoms. The third-order valence-electron chi connectivity index (χ3n) is 3.24. The molecule has 1 heterocycles. The van der Waals surface area contributed by atoms with Crippen molar-refractivity contribution >= 4 is 46.8 Å². The van der Waals surface area contributed by atoms with E-state index in [-0.39, 0.29) is 43.0 Å². The van der Waals surface area contributed by atoms with Crippen LogP contribution in [0.3, 0.4) is 0 Å². The lowest BCUT2D eigenvalue weighted by Gasteiger charge is -2.16. The van der Waals surface area contributed by atoms with Gasteiger partial charge in [-0.2, -0.15) is 0 Å². The average molecular weight is 392 g/mol. The fourth-order valence-corrected chi connectivity index (χ4v) is 3.43. The minimum Gasteiger partial charge on any atom is -1.00 e. The summed E-state index contributed by atoms with van der Waals surface area (Å²) in [6, 6.07) is 5.74. The van der Waals surface area contributed by atoms with Crippen molar-refractivity contribution in [2.24, 2.45) is 5.73 Å². The Labute approximate surface area is 155 Å². The molecule has 0 aromatic heterocycles. The van der Waals surface area contributed by atoms with Gasteiger partial charge in [-0.15, -0.1) is 11.8 Å². The number of esters is 1. The summed E-state index contributed by atoms with van der Waals surface area (Å²) in [5, 5.41) is -0.106. The van der Waals surface area contributed by atoms with Crippen LogP contribution in [0.5, 0.6) is 0 Å². The number of imide groups is 1. The molecule has 1 saturated heterocycles. The van der Waals surface area contributed by atoms with E-state index in [1.54, 1.807) is 31.2 Å². The molecule has 2 N–H and O–H groups in total. The summed E-state index contributed by atoms with van der Waals surface area (Å²) in [5.74, 6) is -0.910. The van der Waals surface area contributed by atoms with Crippen molar-refractivity contribution < 1.29 is 31.5 Å². The summed E-state index contributed by atoms with van der Waals surface area (Å²) in [4.78, 5) is 37.1. The number of hydrogen-bond donors (Lipinski definition) is 1. The first-order valence-electron chi connectivity index (χ1n) is 7.10. The van der Waals surface area contributed by atoms with Crippen LogP contribution < -0.4 is 23.0 Å². The van der Waals surface area contributed by atoms with Gasteiger partial charge in [0.25, 0.3) is 0 Å². The molecule has 1 aromatic carbocycles. The zero-order chi connectivity index (χ0) is 17.0. The zero-order valence-electron chi connectivity index (χ0n) is 12.9. The van der Waals surface area contributed by atoms with Crippen molar-refractivity contribution in [2.45, 2.75) is 24.6 Å². The smallest absolute Gasteiger partial charge is 0.323 e. The molecule has 0 radical (unpaired) electrons. The van der Waals surface area contributed by atoms with Crippen LogP contribution in [0.1, 0.15) is 13.3 Å². The van der Waals surface area contributed by atoms with E-state index in [2.05, 4.69) is 0 Å². The van der Waals surface area contributed by atoms with Gasteiger partial charge in [-0.1, -0.05) is 17.7 Å². The summed E-state index contributed by atoms with van der Waals surface area (Å²) in [6.45, 7) is 1.94. The predicted molar refractivity (Wildman–Crippen MR) is 89.4 cm³/mol. The second-order valence-corrected chi connectivity index (χ2v) is 6.60. The van der Waals surface area contributed by atoms with Gasteiger partial charge in [0.1, 0.15) is 6.04 Å². The van der Waals surface area contributed by atoms with E-state index in [1.165, 1.54) is 11.8 Å². The molecule has 1 unspecified atom stereocenters. The Morgan fingerprint density at radius 3 is 2.83 bits per heavy atom. The minimum atomic E-state index is -0.817. The number of carbonyl (C=O) groups is 3. The van der Waals surface area contributed by atoms with E-state index in [9.17, 15) is 14.4 Å². The highest BCUT2D eigenvalue weighted by Crippen LogP contribution is 2.31. The normalized spacial score (nSPS) is 18.3. The second-order valence-electron chi connectivity index (χ2n) is 4.93. The molecule has 0 aliphatic carbocycles. The van der Waals surface area contributed by atoms with Gasteiger partial charge in [-0.05, 0) is 25.1 Å². The van der Waals surface area contributed by atoms with Gasteiger partial charge in [-0.25, -0.2) is 4.90 Å². The monoisotopic (exact) mass is 391 g/mol. The van der Waals surface area contributed by atoms with Crippen molar-refractivity contribution in [1.82, 2.24) is 0 Å². The Balaban J connectivity index is 0.00000288. The van der Waals surface area contributed by atoms with E-state index in [0.717, 1.165) is 4.90 Å². The van der Waals surface area contributed by atoms with Gasteiger partial charge in [0.2, 0.25) is 11.8 Å². The number of benzene rings is 1. The zero-order valence-corrected chi connectivity index (χ0v) is 15.2. The molecule has 0 saturated carbocycles. The summed E-state index contributed by atoms with van der Waals surface area (Å²) in [5.41, 5.74) is 6.15. The van der Waals surface area contributed by atoms with Crippen LogP contribution in [0.2, 0.25) is 5.02 Å². The molecule has 24 heavy (non-hydrogen) atoms. The average Bonchev–Trinajstić information content (AvgIpc) is 2.79. The lowest BCUT2D eigenvalue weighted by molar-refractivity contribution is -0.144. The van der Waals surface area contributed by atoms with Crippen LogP contribution in [0.25, 0.3) is 0 Å². The van der Waals surface area contributed by atoms with Gasteiger partial charge in [-0.3, -0.25) is 14.4 Å². The maximum Gasteiger partial charge on any atom is 0.323 e. The second kappa shape index (κ2) is 9.27. The molecule has 1 aliphatic rings. The lowest BCUT2D eigenvalue weighted by Crippen LogP contribution is -3.00. The Hall–Kier alpha value is -1.28. The maximum absolute atomic E-state index is 12.4. The minimum absolute atomic E-state index is 0. The van der Waals surface area contributed by atoms with E-state index in [4.69, 9.17) is 22.1 Å². The van der Waals surface area contributed by atoms with E-state index >= 15 is 0 Å². The van der Waals surface area contributed by atoms with Crippen LogP contribution in [0.4, 0.5) is 5.69 Å². The number of amides is 2. The number of rotatable bonds is 6. The molecule has 0 bridgehead atoms. The molecule has 132 valence electrons. The molecule has 1 aromatic rings. The molecule has 1 aliphatic heterocycles. The number of nitrogens with zero attached hydrogens (tertiary/aromatic N) is 1. The van der Waals surface area contributed by atoms with Crippen LogP contribution in [0.15, 0.2) is 24.3 Å². The SMILES string of the molecule is CCOC(=O)[C@@H](N)CSC1CC(=O)N(c2cccc(Cl)c2)C1=O.[Cl-]. The number of thioether (sulfide) groups is 1. The lowest BCUT2D eigenvalue weighted by atomic mass is 10.3. The fraction of sp³-hybridized carbons (Fsp3) is 0.400. The van der Waals surface area contributed by atoms with E-state index < -0.39 is 17.3 Å². The third kappa shape index (κ3) is 4.86. The highest BCUT2D eigenvalue weighted by atomic mass is 35.5.